The molecule has 1 amide bonds. The summed E-state index contributed by atoms with van der Waals surface area (Å²) < 4.78 is 8.37. The van der Waals surface area contributed by atoms with Crippen LogP contribution in [0.2, 0.25) is 0 Å². The molecule has 158 valence electrons. The number of likely N-dealkylation sites (N-methyl/N-ethyl adjacent to an activating group) is 1. The van der Waals surface area contributed by atoms with Crippen LogP contribution in [0.4, 0.5) is 0 Å². The first-order chi connectivity index (χ1) is 15.1. The first kappa shape index (κ1) is 20.3. The van der Waals surface area contributed by atoms with Gasteiger partial charge >= 0.3 is 0 Å². The number of carbonyl (C=O) groups is 1. The minimum absolute atomic E-state index is 0.0914. The maximum absolute atomic E-state index is 12.9. The first-order valence-corrected chi connectivity index (χ1v) is 10.0. The van der Waals surface area contributed by atoms with Gasteiger partial charge in [0, 0.05) is 13.6 Å². The van der Waals surface area contributed by atoms with Crippen molar-refractivity contribution in [1.29, 1.82) is 0 Å². The van der Waals surface area contributed by atoms with Gasteiger partial charge in [0.25, 0.3) is 5.56 Å². The van der Waals surface area contributed by atoms with Gasteiger partial charge in [-0.3, -0.25) is 14.2 Å². The SMILES string of the molecule is CCOc1ccc(CN(C)C(=O)Cn2cnc3c(cnn3-c3ccccc3)c2=O)cc1. The van der Waals surface area contributed by atoms with Crippen molar-refractivity contribution in [2.24, 2.45) is 0 Å². The molecule has 4 rings (SSSR count). The molecule has 0 fully saturated rings. The number of fused-ring (bicyclic) bond motifs is 1. The zero-order valence-electron chi connectivity index (χ0n) is 17.4. The van der Waals surface area contributed by atoms with Gasteiger partial charge in [-0.05, 0) is 36.8 Å². The van der Waals surface area contributed by atoms with Crippen LogP contribution in [0.3, 0.4) is 0 Å². The molecular formula is C23H23N5O3. The zero-order valence-corrected chi connectivity index (χ0v) is 17.4. The quantitative estimate of drug-likeness (QED) is 0.462. The number of amides is 1. The fourth-order valence-corrected chi connectivity index (χ4v) is 3.31. The number of benzene rings is 2. The molecule has 0 unspecified atom stereocenters. The molecule has 2 aromatic carbocycles. The summed E-state index contributed by atoms with van der Waals surface area (Å²) >= 11 is 0. The van der Waals surface area contributed by atoms with Gasteiger partial charge in [0.2, 0.25) is 5.91 Å². The van der Waals surface area contributed by atoms with E-state index in [1.54, 1.807) is 16.6 Å². The fourth-order valence-electron chi connectivity index (χ4n) is 3.31. The van der Waals surface area contributed by atoms with E-state index in [0.717, 1.165) is 17.0 Å². The number of rotatable bonds is 7. The molecule has 0 bridgehead atoms. The molecule has 0 saturated carbocycles. The van der Waals surface area contributed by atoms with Gasteiger partial charge in [-0.1, -0.05) is 30.3 Å². The third-order valence-electron chi connectivity index (χ3n) is 4.94. The monoisotopic (exact) mass is 417 g/mol. The number of para-hydroxylation sites is 1. The van der Waals surface area contributed by atoms with E-state index in [0.29, 0.717) is 24.2 Å². The lowest BCUT2D eigenvalue weighted by atomic mass is 10.2. The molecule has 8 nitrogen and oxygen atoms in total. The number of ether oxygens (including phenoxy) is 1. The molecule has 31 heavy (non-hydrogen) atoms. The molecule has 2 aromatic heterocycles. The highest BCUT2D eigenvalue weighted by molar-refractivity contribution is 5.77. The number of carbonyl (C=O) groups excluding carboxylic acids is 1. The van der Waals surface area contributed by atoms with Crippen LogP contribution in [-0.4, -0.2) is 43.8 Å². The molecule has 0 N–H and O–H groups in total. The summed E-state index contributed by atoms with van der Waals surface area (Å²) in [6.07, 6.45) is 2.89. The van der Waals surface area contributed by atoms with E-state index in [1.807, 2.05) is 61.5 Å². The predicted molar refractivity (Wildman–Crippen MR) is 117 cm³/mol. The molecule has 8 heteroatoms. The Balaban J connectivity index is 1.49. The van der Waals surface area contributed by atoms with Crippen molar-refractivity contribution in [3.63, 3.8) is 0 Å². The minimum Gasteiger partial charge on any atom is -0.494 e. The zero-order chi connectivity index (χ0) is 21.8. The van der Waals surface area contributed by atoms with Gasteiger partial charge in [-0.2, -0.15) is 5.10 Å². The van der Waals surface area contributed by atoms with Crippen LogP contribution in [0.25, 0.3) is 16.7 Å². The Morgan fingerprint density at radius 3 is 2.55 bits per heavy atom. The maximum Gasteiger partial charge on any atom is 0.264 e. The van der Waals surface area contributed by atoms with Gasteiger partial charge in [0.1, 0.15) is 24.0 Å². The average molecular weight is 417 g/mol. The van der Waals surface area contributed by atoms with Gasteiger partial charge in [0.15, 0.2) is 5.65 Å². The highest BCUT2D eigenvalue weighted by Crippen LogP contribution is 2.14. The number of hydrogen-bond donors (Lipinski definition) is 0. The molecule has 0 spiro atoms. The van der Waals surface area contributed by atoms with Crippen LogP contribution in [0.15, 0.2) is 71.9 Å². The van der Waals surface area contributed by atoms with Crippen LogP contribution in [0, 0.1) is 0 Å². The van der Waals surface area contributed by atoms with Crippen LogP contribution >= 0.6 is 0 Å². The Morgan fingerprint density at radius 1 is 1.10 bits per heavy atom. The summed E-state index contributed by atoms with van der Waals surface area (Å²) in [5, 5.41) is 4.66. The van der Waals surface area contributed by atoms with E-state index < -0.39 is 0 Å². The Bertz CT molecular complexity index is 1250. The van der Waals surface area contributed by atoms with Gasteiger partial charge < -0.3 is 9.64 Å². The van der Waals surface area contributed by atoms with Gasteiger partial charge in [-0.15, -0.1) is 0 Å². The molecule has 0 atom stereocenters. The van der Waals surface area contributed by atoms with Crippen molar-refractivity contribution in [3.8, 4) is 11.4 Å². The second-order valence-electron chi connectivity index (χ2n) is 7.13. The van der Waals surface area contributed by atoms with Crippen molar-refractivity contribution in [2.45, 2.75) is 20.0 Å². The summed E-state index contributed by atoms with van der Waals surface area (Å²) in [7, 11) is 1.71. The first-order valence-electron chi connectivity index (χ1n) is 10.0. The second kappa shape index (κ2) is 8.83. The number of aromatic nitrogens is 4. The molecule has 4 aromatic rings. The van der Waals surface area contributed by atoms with E-state index in [9.17, 15) is 9.59 Å². The minimum atomic E-state index is -0.296. The highest BCUT2D eigenvalue weighted by Gasteiger charge is 2.15. The molecule has 0 aliphatic rings. The molecule has 0 aliphatic heterocycles. The Morgan fingerprint density at radius 2 is 1.84 bits per heavy atom. The van der Waals surface area contributed by atoms with E-state index >= 15 is 0 Å². The summed E-state index contributed by atoms with van der Waals surface area (Å²) in [5.41, 5.74) is 1.95. The van der Waals surface area contributed by atoms with Crippen molar-refractivity contribution in [1.82, 2.24) is 24.2 Å². The van der Waals surface area contributed by atoms with Crippen LogP contribution in [0.5, 0.6) is 5.75 Å². The summed E-state index contributed by atoms with van der Waals surface area (Å²) in [6.45, 7) is 2.88. The Labute approximate surface area is 179 Å². The third kappa shape index (κ3) is 4.32. The van der Waals surface area contributed by atoms with Crippen molar-refractivity contribution >= 4 is 16.9 Å². The molecule has 0 aliphatic carbocycles. The Hall–Kier alpha value is -3.94. The van der Waals surface area contributed by atoms with Crippen molar-refractivity contribution in [2.75, 3.05) is 13.7 Å². The maximum atomic E-state index is 12.9. The van der Waals surface area contributed by atoms with E-state index in [2.05, 4.69) is 10.1 Å². The summed E-state index contributed by atoms with van der Waals surface area (Å²) in [4.78, 5) is 31.5. The molecule has 2 heterocycles. The molecule has 0 radical (unpaired) electrons. The van der Waals surface area contributed by atoms with Gasteiger partial charge in [-0.25, -0.2) is 9.67 Å². The van der Waals surface area contributed by atoms with Crippen LogP contribution in [-0.2, 0) is 17.9 Å². The van der Waals surface area contributed by atoms with E-state index in [4.69, 9.17) is 4.74 Å². The van der Waals surface area contributed by atoms with Crippen LogP contribution < -0.4 is 10.3 Å². The largest absolute Gasteiger partial charge is 0.494 e. The van der Waals surface area contributed by atoms with Crippen LogP contribution in [0.1, 0.15) is 12.5 Å². The highest BCUT2D eigenvalue weighted by atomic mass is 16.5. The lowest BCUT2D eigenvalue weighted by Crippen LogP contribution is -2.33. The Kier molecular flexibility index (Phi) is 5.79. The normalized spacial score (nSPS) is 10.9. The fraction of sp³-hybridized carbons (Fsp3) is 0.217. The number of hydrogen-bond acceptors (Lipinski definition) is 5. The topological polar surface area (TPSA) is 82.2 Å². The smallest absolute Gasteiger partial charge is 0.264 e. The van der Waals surface area contributed by atoms with E-state index in [-0.39, 0.29) is 18.0 Å². The summed E-state index contributed by atoms with van der Waals surface area (Å²) in [6, 6.07) is 17.1. The third-order valence-corrected chi connectivity index (χ3v) is 4.94. The lowest BCUT2D eigenvalue weighted by Gasteiger charge is -2.18. The summed E-state index contributed by atoms with van der Waals surface area (Å²) in [5.74, 6) is 0.606. The molecule has 0 saturated heterocycles. The predicted octanol–water partition coefficient (Wildman–Crippen LogP) is 2.64. The second-order valence-corrected chi connectivity index (χ2v) is 7.13. The lowest BCUT2D eigenvalue weighted by molar-refractivity contribution is -0.131. The average Bonchev–Trinajstić information content (AvgIpc) is 3.22. The number of nitrogens with zero attached hydrogens (tertiary/aromatic N) is 5. The standard InChI is InChI=1S/C23H23N5O3/c1-3-31-19-11-9-17(10-12-19)14-26(2)21(29)15-27-16-24-22-20(23(27)30)13-25-28(22)18-7-5-4-6-8-18/h4-13,16H,3,14-15H2,1-2H3. The molecular weight excluding hydrogens is 394 g/mol. The van der Waals surface area contributed by atoms with Crippen molar-refractivity contribution in [3.05, 3.63) is 83.0 Å². The van der Waals surface area contributed by atoms with Crippen molar-refractivity contribution < 1.29 is 9.53 Å². The van der Waals surface area contributed by atoms with Gasteiger partial charge in [0.05, 0.1) is 18.5 Å². The van der Waals surface area contributed by atoms with E-state index in [1.165, 1.54) is 17.1 Å².